The van der Waals surface area contributed by atoms with E-state index in [0.29, 0.717) is 12.8 Å². The van der Waals surface area contributed by atoms with Gasteiger partial charge in [0.1, 0.15) is 0 Å². The molecule has 26 heavy (non-hydrogen) atoms. The predicted octanol–water partition coefficient (Wildman–Crippen LogP) is 2.55. The Hall–Kier alpha value is 1.51. The Morgan fingerprint density at radius 2 is 1.12 bits per heavy atom. The van der Waals surface area contributed by atoms with Gasteiger partial charge in [0.05, 0.1) is 21.5 Å². The molecule has 0 aliphatic rings. The molecule has 2 atom stereocenters. The van der Waals surface area contributed by atoms with Gasteiger partial charge in [-0.05, 0) is 19.3 Å². The Labute approximate surface area is 205 Å². The summed E-state index contributed by atoms with van der Waals surface area (Å²) >= 11 is 0. The third kappa shape index (κ3) is 18.9. The third-order valence-corrected chi connectivity index (χ3v) is 6.21. The zero-order valence-electron chi connectivity index (χ0n) is 17.5. The first-order valence-corrected chi connectivity index (χ1v) is 12.0. The molecule has 0 amide bonds. The molecule has 2 unspecified atom stereocenters. The molecule has 0 rings (SSSR count). The van der Waals surface area contributed by atoms with Gasteiger partial charge in [-0.15, -0.1) is 0 Å². The van der Waals surface area contributed by atoms with Crippen LogP contribution in [0.3, 0.4) is 0 Å². The smallest absolute Gasteiger partial charge is 0.748 e. The van der Waals surface area contributed by atoms with Gasteiger partial charge in [0.25, 0.3) is 0 Å². The Kier molecular flexibility index (Phi) is 22.6. The van der Waals surface area contributed by atoms with Crippen LogP contribution < -0.4 is 51.4 Å². The van der Waals surface area contributed by atoms with Crippen molar-refractivity contribution < 1.29 is 69.5 Å². The van der Waals surface area contributed by atoms with E-state index in [4.69, 9.17) is 0 Å². The van der Waals surface area contributed by atoms with Crippen molar-refractivity contribution in [1.29, 1.82) is 0 Å². The summed E-state index contributed by atoms with van der Waals surface area (Å²) in [5.74, 6) is 0. The monoisotopic (exact) mass is 416 g/mol. The van der Waals surface area contributed by atoms with Crippen LogP contribution in [0, 0.1) is 0 Å². The van der Waals surface area contributed by atoms with Crippen molar-refractivity contribution in [2.24, 2.45) is 0 Å². The number of hydrogen-bond acceptors (Lipinski definition) is 4. The first kappa shape index (κ1) is 29.7. The molecule has 152 valence electrons. The Morgan fingerprint density at radius 1 is 0.731 bits per heavy atom. The van der Waals surface area contributed by atoms with Crippen LogP contribution in [0.2, 0.25) is 0 Å². The van der Waals surface area contributed by atoms with Crippen LogP contribution >= 0.6 is 0 Å². The van der Waals surface area contributed by atoms with Crippen molar-refractivity contribution >= 4 is 10.1 Å². The number of unbranched alkanes of at least 4 members (excludes halogenated alkanes) is 11. The summed E-state index contributed by atoms with van der Waals surface area (Å²) in [6.07, 6.45) is 15.3. The quantitative estimate of drug-likeness (QED) is 0.212. The molecule has 0 heterocycles. The van der Waals surface area contributed by atoms with Gasteiger partial charge >= 0.3 is 51.4 Å². The van der Waals surface area contributed by atoms with Gasteiger partial charge in [-0.1, -0.05) is 97.3 Å². The summed E-state index contributed by atoms with van der Waals surface area (Å²) in [5, 5.41) is 9.16. The summed E-state index contributed by atoms with van der Waals surface area (Å²) in [7, 11) is -4.31. The number of aliphatic hydroxyl groups is 1. The van der Waals surface area contributed by atoms with Crippen LogP contribution in [0.15, 0.2) is 0 Å². The van der Waals surface area contributed by atoms with E-state index in [1.54, 1.807) is 0 Å². The molecule has 0 aromatic carbocycles. The first-order chi connectivity index (χ1) is 11.9. The molecule has 0 bridgehead atoms. The van der Waals surface area contributed by atoms with Crippen molar-refractivity contribution in [2.75, 3.05) is 0 Å². The number of aliphatic hydroxyl groups excluding tert-OH is 1. The maximum atomic E-state index is 11.4. The summed E-state index contributed by atoms with van der Waals surface area (Å²) < 4.78 is 34.2. The fourth-order valence-corrected chi connectivity index (χ4v) is 4.20. The number of rotatable bonds is 18. The molecular formula is C20H41KO4S. The Balaban J connectivity index is 0. The third-order valence-electron chi connectivity index (χ3n) is 4.96. The van der Waals surface area contributed by atoms with Crippen LogP contribution in [0.1, 0.15) is 117 Å². The molecule has 1 N–H and O–H groups in total. The molecule has 0 radical (unpaired) electrons. The zero-order valence-corrected chi connectivity index (χ0v) is 21.5. The zero-order chi connectivity index (χ0) is 19.0. The van der Waals surface area contributed by atoms with Gasteiger partial charge < -0.3 is 9.66 Å². The summed E-state index contributed by atoms with van der Waals surface area (Å²) in [4.78, 5) is 0. The van der Waals surface area contributed by atoms with Crippen molar-refractivity contribution in [2.45, 2.75) is 128 Å². The molecular weight excluding hydrogens is 375 g/mol. The summed E-state index contributed by atoms with van der Waals surface area (Å²) in [5.41, 5.74) is 0. The Morgan fingerprint density at radius 3 is 1.58 bits per heavy atom. The van der Waals surface area contributed by atoms with Gasteiger partial charge in [-0.3, -0.25) is 0 Å². The standard InChI is InChI=1S/C20H42O4S.K/c1-3-5-7-9-10-11-12-13-14-16-19(21)18-20(25(22,23)24)17-15-8-6-4-2;/h19-21H,3-18H2,1-2H3,(H,22,23,24);/q;+1/p-1. The van der Waals surface area contributed by atoms with Gasteiger partial charge in [0.2, 0.25) is 0 Å². The molecule has 0 aliphatic heterocycles. The van der Waals surface area contributed by atoms with E-state index in [2.05, 4.69) is 13.8 Å². The molecule has 4 nitrogen and oxygen atoms in total. The number of hydrogen-bond donors (Lipinski definition) is 1. The van der Waals surface area contributed by atoms with E-state index in [1.807, 2.05) is 0 Å². The second-order valence-corrected chi connectivity index (χ2v) is 9.12. The van der Waals surface area contributed by atoms with E-state index >= 15 is 0 Å². The van der Waals surface area contributed by atoms with Gasteiger partial charge in [-0.25, -0.2) is 8.42 Å². The molecule has 6 heteroatoms. The molecule has 0 aliphatic carbocycles. The normalized spacial score (nSPS) is 14.0. The maximum absolute atomic E-state index is 11.4. The van der Waals surface area contributed by atoms with E-state index in [-0.39, 0.29) is 57.8 Å². The van der Waals surface area contributed by atoms with Crippen LogP contribution in [-0.2, 0) is 10.1 Å². The van der Waals surface area contributed by atoms with E-state index < -0.39 is 21.5 Å². The van der Waals surface area contributed by atoms with E-state index in [1.165, 1.54) is 44.9 Å². The minimum absolute atomic E-state index is 0. The largest absolute Gasteiger partial charge is 1.00 e. The molecule has 0 aromatic heterocycles. The summed E-state index contributed by atoms with van der Waals surface area (Å²) in [6.45, 7) is 4.32. The SMILES string of the molecule is CCCCCCCCCCCC(O)CC(CCCCCC)S(=O)(=O)[O-].[K+]. The van der Waals surface area contributed by atoms with Gasteiger partial charge in [-0.2, -0.15) is 0 Å². The average Bonchev–Trinajstić information content (AvgIpc) is 2.55. The van der Waals surface area contributed by atoms with E-state index in [9.17, 15) is 18.1 Å². The van der Waals surface area contributed by atoms with Crippen molar-refractivity contribution in [1.82, 2.24) is 0 Å². The maximum Gasteiger partial charge on any atom is 1.00 e. The van der Waals surface area contributed by atoms with Crippen molar-refractivity contribution in [3.63, 3.8) is 0 Å². The van der Waals surface area contributed by atoms with Crippen molar-refractivity contribution in [3.05, 3.63) is 0 Å². The summed E-state index contributed by atoms with van der Waals surface area (Å²) in [6, 6.07) is 0. The predicted molar refractivity (Wildman–Crippen MR) is 105 cm³/mol. The van der Waals surface area contributed by atoms with Gasteiger partial charge in [0.15, 0.2) is 0 Å². The molecule has 0 saturated carbocycles. The van der Waals surface area contributed by atoms with Crippen molar-refractivity contribution in [3.8, 4) is 0 Å². The van der Waals surface area contributed by atoms with Crippen LogP contribution in [-0.4, -0.2) is 29.4 Å². The van der Waals surface area contributed by atoms with Crippen LogP contribution in [0.5, 0.6) is 0 Å². The topological polar surface area (TPSA) is 77.4 Å². The molecule has 0 saturated heterocycles. The van der Waals surface area contributed by atoms with Gasteiger partial charge in [0, 0.05) is 0 Å². The second-order valence-electron chi connectivity index (χ2n) is 7.47. The van der Waals surface area contributed by atoms with Crippen LogP contribution in [0.4, 0.5) is 0 Å². The fourth-order valence-electron chi connectivity index (χ4n) is 3.29. The second kappa shape index (κ2) is 19.8. The molecule has 0 fully saturated rings. The minimum atomic E-state index is -4.31. The van der Waals surface area contributed by atoms with E-state index in [0.717, 1.165) is 38.5 Å². The molecule has 0 aromatic rings. The van der Waals surface area contributed by atoms with Crippen LogP contribution in [0.25, 0.3) is 0 Å². The fraction of sp³-hybridized carbons (Fsp3) is 1.00. The average molecular weight is 417 g/mol. The Bertz CT molecular complexity index is 387. The first-order valence-electron chi connectivity index (χ1n) is 10.5. The minimum Gasteiger partial charge on any atom is -0.748 e. The molecule has 0 spiro atoms.